The zero-order chi connectivity index (χ0) is 10.7. The zero-order valence-corrected chi connectivity index (χ0v) is 9.16. The lowest BCUT2D eigenvalue weighted by atomic mass is 10.1. The minimum atomic E-state index is 0.0519. The second-order valence-corrected chi connectivity index (χ2v) is 3.95. The summed E-state index contributed by atoms with van der Waals surface area (Å²) in [6.07, 6.45) is 2.36. The van der Waals surface area contributed by atoms with Crippen LogP contribution in [0.25, 0.3) is 0 Å². The third kappa shape index (κ3) is 2.87. The first kappa shape index (κ1) is 10.8. The predicted octanol–water partition coefficient (Wildman–Crippen LogP) is 1.71. The molecule has 1 rings (SSSR count). The summed E-state index contributed by atoms with van der Waals surface area (Å²) in [6, 6.07) is 0. The fourth-order valence-electron chi connectivity index (χ4n) is 1.29. The van der Waals surface area contributed by atoms with E-state index in [1.165, 1.54) is 0 Å². The van der Waals surface area contributed by atoms with E-state index in [0.29, 0.717) is 12.3 Å². The average Bonchev–Trinajstić information content (AvgIpc) is 2.28. The maximum Gasteiger partial charge on any atom is 0.224 e. The van der Waals surface area contributed by atoms with E-state index in [1.807, 2.05) is 34.0 Å². The molecule has 1 amide bonds. The van der Waals surface area contributed by atoms with E-state index in [-0.39, 0.29) is 5.91 Å². The summed E-state index contributed by atoms with van der Waals surface area (Å²) in [7, 11) is 1.84. The highest BCUT2D eigenvalue weighted by Crippen LogP contribution is 2.12. The van der Waals surface area contributed by atoms with Gasteiger partial charge in [-0.15, -0.1) is 0 Å². The number of amides is 1. The van der Waals surface area contributed by atoms with Crippen molar-refractivity contribution < 1.29 is 4.79 Å². The Kier molecular flexibility index (Phi) is 3.28. The van der Waals surface area contributed by atoms with E-state index < -0.39 is 0 Å². The van der Waals surface area contributed by atoms with Gasteiger partial charge in [-0.1, -0.05) is 13.8 Å². The van der Waals surface area contributed by atoms with Crippen LogP contribution in [0.4, 0.5) is 5.69 Å². The average molecular weight is 195 g/mol. The van der Waals surface area contributed by atoms with Gasteiger partial charge in [-0.05, 0) is 12.8 Å². The van der Waals surface area contributed by atoms with E-state index in [9.17, 15) is 4.79 Å². The van der Waals surface area contributed by atoms with Crippen molar-refractivity contribution in [3.63, 3.8) is 0 Å². The van der Waals surface area contributed by atoms with Crippen LogP contribution in [-0.4, -0.2) is 15.7 Å². The van der Waals surface area contributed by atoms with E-state index >= 15 is 0 Å². The molecule has 0 bridgehead atoms. The SMILES string of the molecule is Cc1nn(C)cc1NC(=O)CC(C)C. The molecule has 0 fully saturated rings. The van der Waals surface area contributed by atoms with Gasteiger partial charge in [0, 0.05) is 19.7 Å². The van der Waals surface area contributed by atoms with E-state index in [2.05, 4.69) is 10.4 Å². The second-order valence-electron chi connectivity index (χ2n) is 3.95. The number of nitrogens with zero attached hydrogens (tertiary/aromatic N) is 2. The highest BCUT2D eigenvalue weighted by Gasteiger charge is 2.08. The van der Waals surface area contributed by atoms with Gasteiger partial charge in [0.1, 0.15) is 0 Å². The lowest BCUT2D eigenvalue weighted by molar-refractivity contribution is -0.116. The molecule has 0 aliphatic heterocycles. The number of anilines is 1. The molecule has 0 radical (unpaired) electrons. The molecular formula is C10H17N3O. The number of aryl methyl sites for hydroxylation is 2. The minimum absolute atomic E-state index is 0.0519. The van der Waals surface area contributed by atoms with Crippen LogP contribution in [0.1, 0.15) is 26.0 Å². The van der Waals surface area contributed by atoms with Crippen molar-refractivity contribution in [2.45, 2.75) is 27.2 Å². The molecule has 4 nitrogen and oxygen atoms in total. The first-order valence-electron chi connectivity index (χ1n) is 4.79. The van der Waals surface area contributed by atoms with E-state index in [1.54, 1.807) is 4.68 Å². The van der Waals surface area contributed by atoms with Gasteiger partial charge in [-0.2, -0.15) is 5.10 Å². The van der Waals surface area contributed by atoms with Crippen molar-refractivity contribution >= 4 is 11.6 Å². The molecule has 0 spiro atoms. The Bertz CT molecular complexity index is 328. The molecule has 0 unspecified atom stereocenters. The van der Waals surface area contributed by atoms with Gasteiger partial charge in [0.2, 0.25) is 5.91 Å². The Labute approximate surface area is 84.3 Å². The molecule has 0 saturated carbocycles. The third-order valence-corrected chi connectivity index (χ3v) is 1.88. The summed E-state index contributed by atoms with van der Waals surface area (Å²) in [4.78, 5) is 11.4. The van der Waals surface area contributed by atoms with Crippen molar-refractivity contribution in [2.24, 2.45) is 13.0 Å². The highest BCUT2D eigenvalue weighted by atomic mass is 16.1. The van der Waals surface area contributed by atoms with Gasteiger partial charge in [-0.25, -0.2) is 0 Å². The van der Waals surface area contributed by atoms with Crippen LogP contribution in [-0.2, 0) is 11.8 Å². The second kappa shape index (κ2) is 4.26. The molecule has 1 N–H and O–H groups in total. The number of carbonyl (C=O) groups is 1. The summed E-state index contributed by atoms with van der Waals surface area (Å²) in [5.41, 5.74) is 1.66. The molecule has 14 heavy (non-hydrogen) atoms. The first-order chi connectivity index (χ1) is 6.49. The van der Waals surface area contributed by atoms with Gasteiger partial charge in [-0.3, -0.25) is 9.48 Å². The molecule has 4 heteroatoms. The molecule has 78 valence electrons. The molecule has 0 aliphatic rings. The van der Waals surface area contributed by atoms with Gasteiger partial charge >= 0.3 is 0 Å². The van der Waals surface area contributed by atoms with Crippen molar-refractivity contribution in [2.75, 3.05) is 5.32 Å². The monoisotopic (exact) mass is 195 g/mol. The fraction of sp³-hybridized carbons (Fsp3) is 0.600. The highest BCUT2D eigenvalue weighted by molar-refractivity contribution is 5.91. The molecule has 1 aromatic heterocycles. The van der Waals surface area contributed by atoms with Crippen LogP contribution in [0.15, 0.2) is 6.20 Å². The quantitative estimate of drug-likeness (QED) is 0.798. The van der Waals surface area contributed by atoms with Crippen LogP contribution in [0.3, 0.4) is 0 Å². The van der Waals surface area contributed by atoms with Gasteiger partial charge < -0.3 is 5.32 Å². The standard InChI is InChI=1S/C10H17N3O/c1-7(2)5-10(14)11-9-6-13(4)12-8(9)3/h6-7H,5H2,1-4H3,(H,11,14). The number of hydrogen-bond acceptors (Lipinski definition) is 2. The van der Waals surface area contributed by atoms with Crippen LogP contribution < -0.4 is 5.32 Å². The third-order valence-electron chi connectivity index (χ3n) is 1.88. The lowest BCUT2D eigenvalue weighted by Gasteiger charge is -2.05. The maximum absolute atomic E-state index is 11.4. The summed E-state index contributed by atoms with van der Waals surface area (Å²) < 4.78 is 1.69. The Morgan fingerprint density at radius 3 is 2.71 bits per heavy atom. The van der Waals surface area contributed by atoms with Crippen LogP contribution >= 0.6 is 0 Å². The molecule has 0 aliphatic carbocycles. The molecule has 0 aromatic carbocycles. The van der Waals surface area contributed by atoms with Crippen molar-refractivity contribution in [1.29, 1.82) is 0 Å². The van der Waals surface area contributed by atoms with Crippen molar-refractivity contribution in [1.82, 2.24) is 9.78 Å². The Morgan fingerprint density at radius 2 is 2.29 bits per heavy atom. The molecule has 0 saturated heterocycles. The first-order valence-corrected chi connectivity index (χ1v) is 4.79. The van der Waals surface area contributed by atoms with E-state index in [4.69, 9.17) is 0 Å². The van der Waals surface area contributed by atoms with Crippen molar-refractivity contribution in [3.05, 3.63) is 11.9 Å². The number of nitrogens with one attached hydrogen (secondary N) is 1. The predicted molar refractivity (Wildman–Crippen MR) is 56.0 cm³/mol. The van der Waals surface area contributed by atoms with E-state index in [0.717, 1.165) is 11.4 Å². The number of hydrogen-bond donors (Lipinski definition) is 1. The van der Waals surface area contributed by atoms with Crippen LogP contribution in [0, 0.1) is 12.8 Å². The Hall–Kier alpha value is -1.32. The number of aromatic nitrogens is 2. The molecule has 0 atom stereocenters. The van der Waals surface area contributed by atoms with Gasteiger partial charge in [0.15, 0.2) is 0 Å². The summed E-state index contributed by atoms with van der Waals surface area (Å²) >= 11 is 0. The normalized spacial score (nSPS) is 10.6. The Balaban J connectivity index is 2.60. The van der Waals surface area contributed by atoms with Crippen LogP contribution in [0.5, 0.6) is 0 Å². The Morgan fingerprint density at radius 1 is 1.64 bits per heavy atom. The molecule has 1 aromatic rings. The smallest absolute Gasteiger partial charge is 0.224 e. The minimum Gasteiger partial charge on any atom is -0.323 e. The zero-order valence-electron chi connectivity index (χ0n) is 9.16. The van der Waals surface area contributed by atoms with Crippen LogP contribution in [0.2, 0.25) is 0 Å². The van der Waals surface area contributed by atoms with Crippen molar-refractivity contribution in [3.8, 4) is 0 Å². The fourth-order valence-corrected chi connectivity index (χ4v) is 1.29. The number of rotatable bonds is 3. The summed E-state index contributed by atoms with van der Waals surface area (Å²) in [5.74, 6) is 0.433. The largest absolute Gasteiger partial charge is 0.323 e. The number of carbonyl (C=O) groups excluding carboxylic acids is 1. The van der Waals surface area contributed by atoms with Gasteiger partial charge in [0.25, 0.3) is 0 Å². The summed E-state index contributed by atoms with van der Waals surface area (Å²) in [5, 5.41) is 6.99. The maximum atomic E-state index is 11.4. The molecular weight excluding hydrogens is 178 g/mol. The summed E-state index contributed by atoms with van der Waals surface area (Å²) in [6.45, 7) is 5.93. The van der Waals surface area contributed by atoms with Gasteiger partial charge in [0.05, 0.1) is 11.4 Å². The lowest BCUT2D eigenvalue weighted by Crippen LogP contribution is -2.13. The molecule has 1 heterocycles. The topological polar surface area (TPSA) is 46.9 Å².